The highest BCUT2D eigenvalue weighted by molar-refractivity contribution is 5.88. The number of piperidine rings is 1. The lowest BCUT2D eigenvalue weighted by molar-refractivity contribution is -0.129. The monoisotopic (exact) mass is 297 g/mol. The molecule has 1 aliphatic heterocycles. The Labute approximate surface area is 128 Å². The molecule has 2 aromatic heterocycles. The number of fused-ring (bicyclic) bond motifs is 3. The molecule has 0 aromatic carbocycles. The van der Waals surface area contributed by atoms with Crippen LogP contribution in [0.5, 0.6) is 0 Å². The van der Waals surface area contributed by atoms with Crippen molar-refractivity contribution in [2.24, 2.45) is 5.92 Å². The molecular formula is C16H19N5O. The highest BCUT2D eigenvalue weighted by atomic mass is 16.2. The molecule has 0 spiro atoms. The van der Waals surface area contributed by atoms with Gasteiger partial charge in [-0.15, -0.1) is 0 Å². The van der Waals surface area contributed by atoms with Gasteiger partial charge in [0.2, 0.25) is 5.91 Å². The number of nitrogens with zero attached hydrogens (tertiary/aromatic N) is 3. The summed E-state index contributed by atoms with van der Waals surface area (Å²) in [7, 11) is 0. The Morgan fingerprint density at radius 1 is 1.45 bits per heavy atom. The van der Waals surface area contributed by atoms with E-state index in [0.717, 1.165) is 42.7 Å². The predicted octanol–water partition coefficient (Wildman–Crippen LogP) is 1.94. The molecule has 2 aliphatic rings. The normalized spacial score (nSPS) is 27.1. The first kappa shape index (κ1) is 13.3. The van der Waals surface area contributed by atoms with Crippen molar-refractivity contribution in [1.82, 2.24) is 19.9 Å². The van der Waals surface area contributed by atoms with Crippen LogP contribution >= 0.6 is 0 Å². The van der Waals surface area contributed by atoms with E-state index in [1.165, 1.54) is 6.08 Å². The fourth-order valence-corrected chi connectivity index (χ4v) is 3.86. The summed E-state index contributed by atoms with van der Waals surface area (Å²) in [5.74, 6) is 1.47. The second-order valence-electron chi connectivity index (χ2n) is 6.13. The van der Waals surface area contributed by atoms with E-state index >= 15 is 0 Å². The summed E-state index contributed by atoms with van der Waals surface area (Å²) in [6.07, 6.45) is 8.17. The van der Waals surface area contributed by atoms with Crippen LogP contribution in [0.3, 0.4) is 0 Å². The van der Waals surface area contributed by atoms with Crippen molar-refractivity contribution < 1.29 is 4.79 Å². The minimum absolute atomic E-state index is 0.0339. The van der Waals surface area contributed by atoms with E-state index < -0.39 is 0 Å². The van der Waals surface area contributed by atoms with Gasteiger partial charge >= 0.3 is 0 Å². The number of aromatic amines is 1. The molecule has 2 N–H and O–H groups in total. The number of anilines is 1. The van der Waals surface area contributed by atoms with E-state index in [4.69, 9.17) is 0 Å². The summed E-state index contributed by atoms with van der Waals surface area (Å²) in [4.78, 5) is 25.7. The van der Waals surface area contributed by atoms with Crippen molar-refractivity contribution >= 4 is 22.8 Å². The van der Waals surface area contributed by atoms with Gasteiger partial charge in [-0.05, 0) is 37.3 Å². The smallest absolute Gasteiger partial charge is 0.246 e. The van der Waals surface area contributed by atoms with Crippen LogP contribution in [0.15, 0.2) is 31.2 Å². The average molecular weight is 297 g/mol. The third kappa shape index (κ3) is 2.06. The number of rotatable bonds is 3. The number of aromatic nitrogens is 3. The Hall–Kier alpha value is -2.37. The maximum absolute atomic E-state index is 12.1. The molecule has 6 heteroatoms. The number of nitrogens with one attached hydrogen (secondary N) is 2. The van der Waals surface area contributed by atoms with Gasteiger partial charge in [-0.1, -0.05) is 6.58 Å². The lowest BCUT2D eigenvalue weighted by Crippen LogP contribution is -2.50. The Kier molecular flexibility index (Phi) is 3.10. The molecule has 22 heavy (non-hydrogen) atoms. The van der Waals surface area contributed by atoms with Crippen molar-refractivity contribution in [3.8, 4) is 0 Å². The van der Waals surface area contributed by atoms with Crippen LogP contribution in [0, 0.1) is 5.92 Å². The summed E-state index contributed by atoms with van der Waals surface area (Å²) in [6, 6.07) is 2.59. The molecule has 2 fully saturated rings. The molecule has 3 heterocycles. The topological polar surface area (TPSA) is 73.9 Å². The Morgan fingerprint density at radius 3 is 3.23 bits per heavy atom. The highest BCUT2D eigenvalue weighted by Crippen LogP contribution is 2.38. The predicted molar refractivity (Wildman–Crippen MR) is 84.3 cm³/mol. The first-order chi connectivity index (χ1) is 10.8. The number of amides is 1. The van der Waals surface area contributed by atoms with Crippen LogP contribution in [-0.2, 0) is 4.79 Å². The van der Waals surface area contributed by atoms with Crippen LogP contribution < -0.4 is 5.32 Å². The number of carbonyl (C=O) groups excluding carboxylic acids is 1. The average Bonchev–Trinajstić information content (AvgIpc) is 3.17. The third-order valence-electron chi connectivity index (χ3n) is 4.98. The quantitative estimate of drug-likeness (QED) is 0.849. The van der Waals surface area contributed by atoms with Crippen LogP contribution in [0.1, 0.15) is 19.3 Å². The fourth-order valence-electron chi connectivity index (χ4n) is 3.86. The van der Waals surface area contributed by atoms with E-state index in [1.54, 1.807) is 6.33 Å². The molecule has 0 radical (unpaired) electrons. The molecule has 1 aliphatic carbocycles. The summed E-state index contributed by atoms with van der Waals surface area (Å²) in [5.41, 5.74) is 0.830. The van der Waals surface area contributed by atoms with Crippen LogP contribution in [0.4, 0.5) is 5.82 Å². The molecule has 114 valence electrons. The van der Waals surface area contributed by atoms with E-state index in [-0.39, 0.29) is 11.9 Å². The molecule has 1 saturated carbocycles. The number of likely N-dealkylation sites (tertiary alicyclic amines) is 1. The van der Waals surface area contributed by atoms with Crippen LogP contribution in [0.2, 0.25) is 0 Å². The summed E-state index contributed by atoms with van der Waals surface area (Å²) >= 11 is 0. The standard InChI is InChI=1S/C16H19N5O/c1-2-14(22)21-8-13(10-3-4-11(21)7-10)20-16-12-5-6-17-15(12)18-9-19-16/h2,5-6,9-11,13H,1,3-4,7-8H2,(H2,17,18,19,20)/t10-,11+,13-/m0/s1. The third-order valence-corrected chi connectivity index (χ3v) is 4.98. The zero-order valence-electron chi connectivity index (χ0n) is 12.3. The van der Waals surface area contributed by atoms with Crippen LogP contribution in [-0.4, -0.2) is 44.4 Å². The van der Waals surface area contributed by atoms with Crippen molar-refractivity contribution in [3.05, 3.63) is 31.2 Å². The lowest BCUT2D eigenvalue weighted by Gasteiger charge is -2.38. The van der Waals surface area contributed by atoms with Gasteiger partial charge in [0.25, 0.3) is 0 Å². The first-order valence-electron chi connectivity index (χ1n) is 7.74. The molecular weight excluding hydrogens is 278 g/mol. The Balaban J connectivity index is 1.60. The Bertz CT molecular complexity index is 724. The van der Waals surface area contributed by atoms with Gasteiger partial charge in [0.05, 0.1) is 5.39 Å². The molecule has 0 unspecified atom stereocenters. The van der Waals surface area contributed by atoms with Crippen molar-refractivity contribution in [3.63, 3.8) is 0 Å². The minimum Gasteiger partial charge on any atom is -0.365 e. The zero-order chi connectivity index (χ0) is 15.1. The van der Waals surface area contributed by atoms with E-state index in [9.17, 15) is 4.79 Å². The van der Waals surface area contributed by atoms with Gasteiger partial charge in [0.1, 0.15) is 17.8 Å². The van der Waals surface area contributed by atoms with Gasteiger partial charge in [0, 0.05) is 24.8 Å². The first-order valence-corrected chi connectivity index (χ1v) is 7.74. The van der Waals surface area contributed by atoms with Gasteiger partial charge in [-0.25, -0.2) is 9.97 Å². The molecule has 2 aromatic rings. The lowest BCUT2D eigenvalue weighted by atomic mass is 9.93. The SMILES string of the molecule is C=CC(=O)N1C[C@H](Nc2ncnc3[nH]ccc23)[C@H]2CC[C@@H]1C2. The van der Waals surface area contributed by atoms with Crippen LogP contribution in [0.25, 0.3) is 11.0 Å². The Morgan fingerprint density at radius 2 is 2.36 bits per heavy atom. The fraction of sp³-hybridized carbons (Fsp3) is 0.438. The molecule has 3 atom stereocenters. The van der Waals surface area contributed by atoms with Gasteiger partial charge in [0.15, 0.2) is 0 Å². The summed E-state index contributed by atoms with van der Waals surface area (Å²) < 4.78 is 0. The van der Waals surface area contributed by atoms with Crippen molar-refractivity contribution in [2.75, 3.05) is 11.9 Å². The van der Waals surface area contributed by atoms with E-state index in [2.05, 4.69) is 26.8 Å². The van der Waals surface area contributed by atoms with Gasteiger partial charge in [-0.2, -0.15) is 0 Å². The van der Waals surface area contributed by atoms with Crippen molar-refractivity contribution in [2.45, 2.75) is 31.3 Å². The molecule has 1 amide bonds. The number of hydrogen-bond acceptors (Lipinski definition) is 4. The second-order valence-corrected chi connectivity index (χ2v) is 6.13. The van der Waals surface area contributed by atoms with Gasteiger partial charge < -0.3 is 15.2 Å². The minimum atomic E-state index is 0.0339. The number of hydrogen-bond donors (Lipinski definition) is 2. The molecule has 4 rings (SSSR count). The number of H-pyrrole nitrogens is 1. The maximum Gasteiger partial charge on any atom is 0.246 e. The number of carbonyl (C=O) groups is 1. The highest BCUT2D eigenvalue weighted by Gasteiger charge is 2.41. The van der Waals surface area contributed by atoms with Crippen molar-refractivity contribution in [1.29, 1.82) is 0 Å². The van der Waals surface area contributed by atoms with Gasteiger partial charge in [-0.3, -0.25) is 4.79 Å². The molecule has 6 nitrogen and oxygen atoms in total. The zero-order valence-corrected chi connectivity index (χ0v) is 12.3. The summed E-state index contributed by atoms with van der Waals surface area (Å²) in [6.45, 7) is 4.34. The van der Waals surface area contributed by atoms with E-state index in [1.807, 2.05) is 17.2 Å². The molecule has 2 bridgehead atoms. The largest absolute Gasteiger partial charge is 0.365 e. The van der Waals surface area contributed by atoms with E-state index in [0.29, 0.717) is 12.0 Å². The maximum atomic E-state index is 12.1. The summed E-state index contributed by atoms with van der Waals surface area (Å²) in [5, 5.41) is 4.54. The molecule has 1 saturated heterocycles. The second kappa shape index (κ2) is 5.12.